The number of hydrogen-bond acceptors (Lipinski definition) is 5. The first-order chi connectivity index (χ1) is 9.74. The molecule has 0 aliphatic carbocycles. The number of aromatic nitrogens is 4. The molecule has 0 bridgehead atoms. The Morgan fingerprint density at radius 2 is 2.40 bits per heavy atom. The molecule has 7 heteroatoms. The molecule has 0 saturated carbocycles. The number of aryl methyl sites for hydroxylation is 1. The molecule has 3 rings (SSSR count). The Labute approximate surface area is 116 Å². The Kier molecular flexibility index (Phi) is 3.42. The molecule has 0 radical (unpaired) electrons. The van der Waals surface area contributed by atoms with Crippen LogP contribution in [0, 0.1) is 6.92 Å². The van der Waals surface area contributed by atoms with Crippen LogP contribution in [0.3, 0.4) is 0 Å². The van der Waals surface area contributed by atoms with Gasteiger partial charge in [-0.1, -0.05) is 5.21 Å². The van der Waals surface area contributed by atoms with Gasteiger partial charge in [-0.3, -0.25) is 9.78 Å². The van der Waals surface area contributed by atoms with Crippen molar-refractivity contribution < 1.29 is 4.79 Å². The Balaban J connectivity index is 1.61. The maximum Gasteiger partial charge on any atom is 0.273 e. The van der Waals surface area contributed by atoms with Gasteiger partial charge in [0.2, 0.25) is 0 Å². The molecule has 20 heavy (non-hydrogen) atoms. The third kappa shape index (κ3) is 2.53. The van der Waals surface area contributed by atoms with E-state index in [1.807, 2.05) is 13.0 Å². The fourth-order valence-electron chi connectivity index (χ4n) is 1.99. The van der Waals surface area contributed by atoms with Gasteiger partial charge >= 0.3 is 0 Å². The second-order valence-electron chi connectivity index (χ2n) is 4.88. The summed E-state index contributed by atoms with van der Waals surface area (Å²) in [6.45, 7) is 4.18. The second kappa shape index (κ2) is 5.38. The molecule has 2 aromatic heterocycles. The SMILES string of the molecule is Cc1cnccc1CNC(=O)c1cn(C2CNC2)nn1. The van der Waals surface area contributed by atoms with E-state index in [4.69, 9.17) is 0 Å². The van der Waals surface area contributed by atoms with Gasteiger partial charge in [0.05, 0.1) is 12.2 Å². The molecule has 0 unspecified atom stereocenters. The number of amides is 1. The van der Waals surface area contributed by atoms with Gasteiger partial charge in [-0.05, 0) is 24.1 Å². The fourth-order valence-corrected chi connectivity index (χ4v) is 1.99. The molecule has 1 saturated heterocycles. The summed E-state index contributed by atoms with van der Waals surface area (Å²) in [6.07, 6.45) is 5.19. The van der Waals surface area contributed by atoms with Crippen molar-refractivity contribution in [3.05, 3.63) is 41.5 Å². The fraction of sp³-hybridized carbons (Fsp3) is 0.385. The summed E-state index contributed by atoms with van der Waals surface area (Å²) in [5, 5.41) is 13.9. The average molecular weight is 272 g/mol. The summed E-state index contributed by atoms with van der Waals surface area (Å²) >= 11 is 0. The van der Waals surface area contributed by atoms with Gasteiger partial charge in [-0.2, -0.15) is 0 Å². The third-order valence-electron chi connectivity index (χ3n) is 3.45. The maximum atomic E-state index is 12.0. The van der Waals surface area contributed by atoms with Crippen LogP contribution >= 0.6 is 0 Å². The molecule has 1 fully saturated rings. The van der Waals surface area contributed by atoms with E-state index in [0.717, 1.165) is 24.2 Å². The number of nitrogens with one attached hydrogen (secondary N) is 2. The van der Waals surface area contributed by atoms with E-state index in [0.29, 0.717) is 18.3 Å². The van der Waals surface area contributed by atoms with Crippen LogP contribution in [0.2, 0.25) is 0 Å². The minimum absolute atomic E-state index is 0.209. The third-order valence-corrected chi connectivity index (χ3v) is 3.45. The predicted molar refractivity (Wildman–Crippen MR) is 72.1 cm³/mol. The Morgan fingerprint density at radius 3 is 3.10 bits per heavy atom. The highest BCUT2D eigenvalue weighted by atomic mass is 16.2. The predicted octanol–water partition coefficient (Wildman–Crippen LogP) is 0.0558. The minimum Gasteiger partial charge on any atom is -0.347 e. The van der Waals surface area contributed by atoms with Crippen LogP contribution in [0.15, 0.2) is 24.7 Å². The van der Waals surface area contributed by atoms with Crippen LogP contribution in [0.25, 0.3) is 0 Å². The molecular weight excluding hydrogens is 256 g/mol. The monoisotopic (exact) mass is 272 g/mol. The van der Waals surface area contributed by atoms with Crippen LogP contribution < -0.4 is 10.6 Å². The highest BCUT2D eigenvalue weighted by molar-refractivity contribution is 5.91. The van der Waals surface area contributed by atoms with E-state index in [9.17, 15) is 4.79 Å². The van der Waals surface area contributed by atoms with E-state index in [2.05, 4.69) is 25.9 Å². The van der Waals surface area contributed by atoms with Crippen LogP contribution in [0.1, 0.15) is 27.7 Å². The lowest BCUT2D eigenvalue weighted by Gasteiger charge is -2.26. The number of hydrogen-bond donors (Lipinski definition) is 2. The van der Waals surface area contributed by atoms with Gasteiger partial charge in [0.15, 0.2) is 5.69 Å². The highest BCUT2D eigenvalue weighted by Crippen LogP contribution is 2.10. The van der Waals surface area contributed by atoms with Crippen molar-refractivity contribution >= 4 is 5.91 Å². The first-order valence-electron chi connectivity index (χ1n) is 6.54. The molecule has 0 aromatic carbocycles. The molecule has 2 aromatic rings. The van der Waals surface area contributed by atoms with Crippen molar-refractivity contribution in [1.82, 2.24) is 30.6 Å². The van der Waals surface area contributed by atoms with Crippen LogP contribution in [0.4, 0.5) is 0 Å². The lowest BCUT2D eigenvalue weighted by atomic mass is 10.1. The summed E-state index contributed by atoms with van der Waals surface area (Å²) in [6, 6.07) is 2.21. The smallest absolute Gasteiger partial charge is 0.273 e. The first kappa shape index (κ1) is 12.7. The standard InChI is InChI=1S/C13H16N6O/c1-9-4-14-3-2-10(9)5-16-13(20)12-8-19(18-17-12)11-6-15-7-11/h2-4,8,11,15H,5-7H2,1H3,(H,16,20). The van der Waals surface area contributed by atoms with E-state index in [-0.39, 0.29) is 5.91 Å². The van der Waals surface area contributed by atoms with E-state index < -0.39 is 0 Å². The summed E-state index contributed by atoms with van der Waals surface area (Å²) in [5.41, 5.74) is 2.45. The molecule has 1 amide bonds. The quantitative estimate of drug-likeness (QED) is 0.822. The maximum absolute atomic E-state index is 12.0. The van der Waals surface area contributed by atoms with E-state index in [1.54, 1.807) is 23.3 Å². The van der Waals surface area contributed by atoms with Crippen LogP contribution in [0.5, 0.6) is 0 Å². The van der Waals surface area contributed by atoms with Crippen molar-refractivity contribution in [3.8, 4) is 0 Å². The minimum atomic E-state index is -0.209. The highest BCUT2D eigenvalue weighted by Gasteiger charge is 2.21. The molecule has 3 heterocycles. The van der Waals surface area contributed by atoms with Crippen molar-refractivity contribution in [1.29, 1.82) is 0 Å². The number of pyridine rings is 1. The number of rotatable bonds is 4. The van der Waals surface area contributed by atoms with E-state index in [1.165, 1.54) is 0 Å². The number of carbonyl (C=O) groups is 1. The second-order valence-corrected chi connectivity index (χ2v) is 4.88. The summed E-state index contributed by atoms with van der Waals surface area (Å²) in [5.74, 6) is -0.209. The largest absolute Gasteiger partial charge is 0.347 e. The average Bonchev–Trinajstić information content (AvgIpc) is 2.85. The van der Waals surface area contributed by atoms with Crippen LogP contribution in [-0.4, -0.2) is 39.0 Å². The Hall–Kier alpha value is -2.28. The molecular formula is C13H16N6O. The van der Waals surface area contributed by atoms with Crippen molar-refractivity contribution in [3.63, 3.8) is 0 Å². The molecule has 0 spiro atoms. The summed E-state index contributed by atoms with van der Waals surface area (Å²) < 4.78 is 1.74. The topological polar surface area (TPSA) is 84.7 Å². The van der Waals surface area contributed by atoms with Gasteiger partial charge in [-0.15, -0.1) is 5.10 Å². The van der Waals surface area contributed by atoms with Crippen molar-refractivity contribution in [2.75, 3.05) is 13.1 Å². The molecule has 7 nitrogen and oxygen atoms in total. The zero-order valence-electron chi connectivity index (χ0n) is 11.2. The first-order valence-corrected chi connectivity index (χ1v) is 6.54. The molecule has 0 atom stereocenters. The number of nitrogens with zero attached hydrogens (tertiary/aromatic N) is 4. The molecule has 1 aliphatic heterocycles. The number of carbonyl (C=O) groups excluding carboxylic acids is 1. The van der Waals surface area contributed by atoms with E-state index >= 15 is 0 Å². The molecule has 1 aliphatic rings. The van der Waals surface area contributed by atoms with Gasteiger partial charge in [0, 0.05) is 32.0 Å². The van der Waals surface area contributed by atoms with Crippen molar-refractivity contribution in [2.24, 2.45) is 0 Å². The van der Waals surface area contributed by atoms with Gasteiger partial charge in [-0.25, -0.2) is 4.68 Å². The molecule has 2 N–H and O–H groups in total. The Morgan fingerprint density at radius 1 is 1.55 bits per heavy atom. The van der Waals surface area contributed by atoms with Gasteiger partial charge < -0.3 is 10.6 Å². The Bertz CT molecular complexity index is 619. The normalized spacial score (nSPS) is 14.8. The van der Waals surface area contributed by atoms with Crippen molar-refractivity contribution in [2.45, 2.75) is 19.5 Å². The lowest BCUT2D eigenvalue weighted by Crippen LogP contribution is -2.43. The zero-order chi connectivity index (χ0) is 13.9. The van der Waals surface area contributed by atoms with Crippen LogP contribution in [-0.2, 0) is 6.54 Å². The molecule has 104 valence electrons. The van der Waals surface area contributed by atoms with Gasteiger partial charge in [0.25, 0.3) is 5.91 Å². The zero-order valence-corrected chi connectivity index (χ0v) is 11.2. The lowest BCUT2D eigenvalue weighted by molar-refractivity contribution is 0.0945. The summed E-state index contributed by atoms with van der Waals surface area (Å²) in [4.78, 5) is 16.0. The summed E-state index contributed by atoms with van der Waals surface area (Å²) in [7, 11) is 0. The van der Waals surface area contributed by atoms with Gasteiger partial charge in [0.1, 0.15) is 0 Å².